The van der Waals surface area contributed by atoms with Crippen molar-refractivity contribution < 1.29 is 13.6 Å². The minimum Gasteiger partial charge on any atom is -0.337 e. The second-order valence-corrected chi connectivity index (χ2v) is 8.73. The van der Waals surface area contributed by atoms with Crippen molar-refractivity contribution in [1.82, 2.24) is 15.1 Å². The summed E-state index contributed by atoms with van der Waals surface area (Å²) in [5.41, 5.74) is 1.84. The van der Waals surface area contributed by atoms with E-state index in [2.05, 4.69) is 15.7 Å². The number of nitrogens with one attached hydrogen (secondary N) is 2. The standard InChI is InChI=1S/C18H28F2N4O/c1-17(2,3)10-21-16(25)22-15-13(11-6-5-7-11)14(24(4)23-15)12-8-18(19,20)9-12/h11-12H,5-10H2,1-4H3,(H2,21,22,23,25). The maximum atomic E-state index is 13.4. The molecule has 2 saturated carbocycles. The van der Waals surface area contributed by atoms with E-state index >= 15 is 0 Å². The van der Waals surface area contributed by atoms with Crippen LogP contribution in [-0.4, -0.2) is 28.3 Å². The zero-order chi connectivity index (χ0) is 18.4. The van der Waals surface area contributed by atoms with E-state index in [0.29, 0.717) is 18.3 Å². The highest BCUT2D eigenvalue weighted by molar-refractivity contribution is 5.89. The van der Waals surface area contributed by atoms with Crippen LogP contribution in [0.3, 0.4) is 0 Å². The SMILES string of the molecule is Cn1nc(NC(=O)NCC(C)(C)C)c(C2CCC2)c1C1CC(F)(F)C1. The third-order valence-electron chi connectivity index (χ3n) is 5.13. The van der Waals surface area contributed by atoms with Crippen LogP contribution in [0.1, 0.15) is 76.0 Å². The lowest BCUT2D eigenvalue weighted by atomic mass is 9.72. The van der Waals surface area contributed by atoms with E-state index in [0.717, 1.165) is 30.5 Å². The highest BCUT2D eigenvalue weighted by atomic mass is 19.3. The first-order valence-electron chi connectivity index (χ1n) is 9.05. The number of rotatable bonds is 4. The molecule has 2 aliphatic rings. The van der Waals surface area contributed by atoms with Crippen LogP contribution >= 0.6 is 0 Å². The van der Waals surface area contributed by atoms with Gasteiger partial charge in [-0.15, -0.1) is 0 Å². The summed E-state index contributed by atoms with van der Waals surface area (Å²) in [6, 6.07) is -0.293. The Morgan fingerprint density at radius 2 is 1.92 bits per heavy atom. The van der Waals surface area contributed by atoms with Crippen LogP contribution in [0, 0.1) is 5.41 Å². The van der Waals surface area contributed by atoms with E-state index in [1.54, 1.807) is 11.7 Å². The summed E-state index contributed by atoms with van der Waals surface area (Å²) in [6.07, 6.45) is 2.94. The molecule has 7 heteroatoms. The van der Waals surface area contributed by atoms with E-state index in [4.69, 9.17) is 0 Å². The Labute approximate surface area is 147 Å². The number of urea groups is 1. The molecule has 0 aromatic carbocycles. The van der Waals surface area contributed by atoms with Crippen molar-refractivity contribution in [2.45, 2.75) is 70.6 Å². The number of aryl methyl sites for hydroxylation is 1. The molecule has 0 radical (unpaired) electrons. The summed E-state index contributed by atoms with van der Waals surface area (Å²) in [5.74, 6) is -1.89. The molecule has 140 valence electrons. The van der Waals surface area contributed by atoms with Crippen molar-refractivity contribution in [3.05, 3.63) is 11.3 Å². The average Bonchev–Trinajstić information content (AvgIpc) is 2.67. The second-order valence-electron chi connectivity index (χ2n) is 8.73. The topological polar surface area (TPSA) is 59.0 Å². The zero-order valence-corrected chi connectivity index (χ0v) is 15.5. The number of alkyl halides is 2. The van der Waals surface area contributed by atoms with Crippen LogP contribution in [0.5, 0.6) is 0 Å². The molecule has 5 nitrogen and oxygen atoms in total. The first-order valence-corrected chi connectivity index (χ1v) is 9.05. The quantitative estimate of drug-likeness (QED) is 0.843. The first-order chi connectivity index (χ1) is 11.6. The number of nitrogens with zero attached hydrogens (tertiary/aromatic N) is 2. The van der Waals surface area contributed by atoms with Crippen molar-refractivity contribution in [3.63, 3.8) is 0 Å². The molecule has 2 N–H and O–H groups in total. The Bertz CT molecular complexity index is 651. The van der Waals surface area contributed by atoms with Gasteiger partial charge in [-0.2, -0.15) is 5.10 Å². The van der Waals surface area contributed by atoms with Crippen LogP contribution < -0.4 is 10.6 Å². The van der Waals surface area contributed by atoms with Gasteiger partial charge in [0.05, 0.1) is 0 Å². The van der Waals surface area contributed by atoms with E-state index in [-0.39, 0.29) is 30.2 Å². The Hall–Kier alpha value is -1.66. The van der Waals surface area contributed by atoms with Crippen LogP contribution in [0.25, 0.3) is 0 Å². The fourth-order valence-corrected chi connectivity index (χ4v) is 3.58. The number of anilines is 1. The molecular weight excluding hydrogens is 326 g/mol. The van der Waals surface area contributed by atoms with Gasteiger partial charge in [0, 0.05) is 43.6 Å². The Morgan fingerprint density at radius 3 is 2.40 bits per heavy atom. The normalized spacial score (nSPS) is 20.7. The highest BCUT2D eigenvalue weighted by Gasteiger charge is 2.49. The second kappa shape index (κ2) is 6.25. The summed E-state index contributed by atoms with van der Waals surface area (Å²) < 4.78 is 28.4. The minimum atomic E-state index is -2.57. The molecule has 1 aromatic heterocycles. The van der Waals surface area contributed by atoms with Gasteiger partial charge in [-0.1, -0.05) is 27.2 Å². The number of hydrogen-bond acceptors (Lipinski definition) is 2. The summed E-state index contributed by atoms with van der Waals surface area (Å²) in [4.78, 5) is 12.2. The number of carbonyl (C=O) groups is 1. The largest absolute Gasteiger partial charge is 0.337 e. The van der Waals surface area contributed by atoms with Gasteiger partial charge in [-0.25, -0.2) is 13.6 Å². The predicted octanol–water partition coefficient (Wildman–Crippen LogP) is 4.37. The summed E-state index contributed by atoms with van der Waals surface area (Å²) in [7, 11) is 1.78. The van der Waals surface area contributed by atoms with Gasteiger partial charge in [-0.05, 0) is 24.2 Å². The Balaban J connectivity index is 1.78. The molecule has 1 aromatic rings. The van der Waals surface area contributed by atoms with Crippen LogP contribution in [-0.2, 0) is 7.05 Å². The molecular formula is C18H28F2N4O. The van der Waals surface area contributed by atoms with Gasteiger partial charge in [0.25, 0.3) is 0 Å². The fraction of sp³-hybridized carbons (Fsp3) is 0.778. The Morgan fingerprint density at radius 1 is 1.28 bits per heavy atom. The van der Waals surface area contributed by atoms with E-state index in [1.807, 2.05) is 20.8 Å². The molecule has 25 heavy (non-hydrogen) atoms. The van der Waals surface area contributed by atoms with Gasteiger partial charge in [-0.3, -0.25) is 10.00 Å². The third kappa shape index (κ3) is 3.96. The van der Waals surface area contributed by atoms with Gasteiger partial charge < -0.3 is 5.32 Å². The average molecular weight is 354 g/mol. The summed E-state index contributed by atoms with van der Waals surface area (Å²) in [6.45, 7) is 6.68. The number of amides is 2. The van der Waals surface area contributed by atoms with Crippen LogP contribution in [0.15, 0.2) is 0 Å². The molecule has 3 rings (SSSR count). The molecule has 0 bridgehead atoms. The number of halogens is 2. The van der Waals surface area contributed by atoms with E-state index < -0.39 is 5.92 Å². The molecule has 0 unspecified atom stereocenters. The van der Waals surface area contributed by atoms with E-state index in [9.17, 15) is 13.6 Å². The minimum absolute atomic E-state index is 0.0130. The van der Waals surface area contributed by atoms with Gasteiger partial charge in [0.1, 0.15) is 0 Å². The maximum absolute atomic E-state index is 13.4. The van der Waals surface area contributed by atoms with Gasteiger partial charge >= 0.3 is 6.03 Å². The maximum Gasteiger partial charge on any atom is 0.320 e. The Kier molecular flexibility index (Phi) is 4.54. The first kappa shape index (κ1) is 18.1. The number of carbonyl (C=O) groups excluding carboxylic acids is 1. The predicted molar refractivity (Wildman–Crippen MR) is 93.2 cm³/mol. The number of hydrogen-bond donors (Lipinski definition) is 2. The zero-order valence-electron chi connectivity index (χ0n) is 15.5. The van der Waals surface area contributed by atoms with Crippen LogP contribution in [0.2, 0.25) is 0 Å². The molecule has 2 aliphatic carbocycles. The number of aromatic nitrogens is 2. The molecule has 0 spiro atoms. The molecule has 0 saturated heterocycles. The molecule has 0 atom stereocenters. The van der Waals surface area contributed by atoms with Crippen molar-refractivity contribution in [3.8, 4) is 0 Å². The van der Waals surface area contributed by atoms with Crippen LogP contribution in [0.4, 0.5) is 19.4 Å². The lowest BCUT2D eigenvalue weighted by Gasteiger charge is -2.37. The van der Waals surface area contributed by atoms with Crippen molar-refractivity contribution in [2.24, 2.45) is 12.5 Å². The van der Waals surface area contributed by atoms with Crippen molar-refractivity contribution >= 4 is 11.8 Å². The molecule has 0 aliphatic heterocycles. The monoisotopic (exact) mass is 354 g/mol. The van der Waals surface area contributed by atoms with Crippen molar-refractivity contribution in [1.29, 1.82) is 0 Å². The smallest absolute Gasteiger partial charge is 0.320 e. The molecule has 1 heterocycles. The van der Waals surface area contributed by atoms with Crippen molar-refractivity contribution in [2.75, 3.05) is 11.9 Å². The highest BCUT2D eigenvalue weighted by Crippen LogP contribution is 2.52. The lowest BCUT2D eigenvalue weighted by Crippen LogP contribution is -2.36. The van der Waals surface area contributed by atoms with Gasteiger partial charge in [0.2, 0.25) is 5.92 Å². The molecule has 2 fully saturated rings. The lowest BCUT2D eigenvalue weighted by molar-refractivity contribution is -0.0884. The van der Waals surface area contributed by atoms with E-state index in [1.165, 1.54) is 0 Å². The summed E-state index contributed by atoms with van der Waals surface area (Å²) >= 11 is 0. The van der Waals surface area contributed by atoms with Gasteiger partial charge in [0.15, 0.2) is 5.82 Å². The molecule has 2 amide bonds. The summed E-state index contributed by atoms with van der Waals surface area (Å²) in [5, 5.41) is 10.1. The fourth-order valence-electron chi connectivity index (χ4n) is 3.58. The third-order valence-corrected chi connectivity index (χ3v) is 5.13.